The summed E-state index contributed by atoms with van der Waals surface area (Å²) in [7, 11) is 0. The van der Waals surface area contributed by atoms with Crippen LogP contribution < -0.4 is 0 Å². The number of imidazole rings is 1. The fourth-order valence-electron chi connectivity index (χ4n) is 3.78. The summed E-state index contributed by atoms with van der Waals surface area (Å²) in [6, 6.07) is 6.79. The van der Waals surface area contributed by atoms with Crippen molar-refractivity contribution in [3.63, 3.8) is 0 Å². The van der Waals surface area contributed by atoms with Crippen molar-refractivity contribution in [2.45, 2.75) is 38.6 Å². The minimum atomic E-state index is -0.187. The minimum Gasteiger partial charge on any atom is -0.298 e. The number of rotatable bonds is 5. The number of halogens is 1. The predicted octanol–water partition coefficient (Wildman–Crippen LogP) is 3.74. The van der Waals surface area contributed by atoms with Gasteiger partial charge in [-0.15, -0.1) is 0 Å². The van der Waals surface area contributed by atoms with Gasteiger partial charge in [0, 0.05) is 44.0 Å². The highest BCUT2D eigenvalue weighted by molar-refractivity contribution is 5.24. The van der Waals surface area contributed by atoms with Crippen molar-refractivity contribution in [1.82, 2.24) is 24.4 Å². The molecule has 4 rings (SSSR count). The average Bonchev–Trinajstić information content (AvgIpc) is 3.19. The molecule has 0 spiro atoms. The van der Waals surface area contributed by atoms with Crippen molar-refractivity contribution in [3.8, 4) is 5.82 Å². The van der Waals surface area contributed by atoms with Gasteiger partial charge in [0.25, 0.3) is 0 Å². The van der Waals surface area contributed by atoms with Crippen molar-refractivity contribution in [2.24, 2.45) is 0 Å². The monoisotopic (exact) mass is 365 g/mol. The fourth-order valence-corrected chi connectivity index (χ4v) is 3.78. The molecule has 1 aromatic carbocycles. The van der Waals surface area contributed by atoms with Crippen LogP contribution in [0.2, 0.25) is 0 Å². The Balaban J connectivity index is 1.49. The molecule has 0 saturated carbocycles. The Morgan fingerprint density at radius 2 is 2.04 bits per heavy atom. The Kier molecular flexibility index (Phi) is 5.25. The van der Waals surface area contributed by atoms with Crippen LogP contribution in [0.25, 0.3) is 5.82 Å². The largest absolute Gasteiger partial charge is 0.298 e. The number of aryl methyl sites for hydroxylation is 1. The summed E-state index contributed by atoms with van der Waals surface area (Å²) in [5.41, 5.74) is 2.18. The van der Waals surface area contributed by atoms with Crippen molar-refractivity contribution in [2.75, 3.05) is 13.1 Å². The molecule has 1 fully saturated rings. The van der Waals surface area contributed by atoms with Crippen molar-refractivity contribution in [1.29, 1.82) is 0 Å². The van der Waals surface area contributed by atoms with E-state index in [9.17, 15) is 4.39 Å². The molecule has 140 valence electrons. The lowest BCUT2D eigenvalue weighted by Crippen LogP contribution is -2.34. The molecule has 1 atom stereocenters. The molecule has 27 heavy (non-hydrogen) atoms. The first-order valence-corrected chi connectivity index (χ1v) is 9.54. The summed E-state index contributed by atoms with van der Waals surface area (Å²) < 4.78 is 15.1. The van der Waals surface area contributed by atoms with Gasteiger partial charge in [-0.2, -0.15) is 0 Å². The lowest BCUT2D eigenvalue weighted by Gasteiger charge is -2.32. The molecule has 0 unspecified atom stereocenters. The molecule has 0 bridgehead atoms. The molecule has 1 aliphatic rings. The first-order chi connectivity index (χ1) is 13.2. The maximum Gasteiger partial charge on any atom is 0.156 e. The van der Waals surface area contributed by atoms with E-state index in [0.717, 1.165) is 61.8 Å². The van der Waals surface area contributed by atoms with Gasteiger partial charge in [-0.25, -0.2) is 14.4 Å². The van der Waals surface area contributed by atoms with Crippen LogP contribution in [-0.4, -0.2) is 37.5 Å². The van der Waals surface area contributed by atoms with Crippen LogP contribution >= 0.6 is 0 Å². The molecular formula is C21H24FN5. The number of aromatic nitrogens is 4. The van der Waals surface area contributed by atoms with Gasteiger partial charge in [-0.05, 0) is 37.1 Å². The molecular weight excluding hydrogens is 341 g/mol. The van der Waals surface area contributed by atoms with E-state index in [0.29, 0.717) is 5.92 Å². The number of hydrogen-bond donors (Lipinski definition) is 0. The lowest BCUT2D eigenvalue weighted by molar-refractivity contribution is 0.198. The third-order valence-electron chi connectivity index (χ3n) is 5.16. The average molecular weight is 365 g/mol. The maximum atomic E-state index is 13.1. The van der Waals surface area contributed by atoms with E-state index in [1.54, 1.807) is 12.4 Å². The van der Waals surface area contributed by atoms with E-state index in [2.05, 4.69) is 21.8 Å². The second-order valence-corrected chi connectivity index (χ2v) is 7.07. The smallest absolute Gasteiger partial charge is 0.156 e. The first-order valence-electron chi connectivity index (χ1n) is 9.54. The van der Waals surface area contributed by atoms with Gasteiger partial charge in [0.2, 0.25) is 0 Å². The van der Waals surface area contributed by atoms with Crippen LogP contribution in [0.15, 0.2) is 49.1 Å². The second kappa shape index (κ2) is 7.96. The normalized spacial score (nSPS) is 17.9. The van der Waals surface area contributed by atoms with Crippen LogP contribution in [0.1, 0.15) is 42.8 Å². The minimum absolute atomic E-state index is 0.187. The molecule has 5 nitrogen and oxygen atoms in total. The number of benzene rings is 1. The van der Waals surface area contributed by atoms with Crippen molar-refractivity contribution in [3.05, 3.63) is 72.0 Å². The zero-order chi connectivity index (χ0) is 18.6. The Morgan fingerprint density at radius 3 is 2.85 bits per heavy atom. The molecule has 1 saturated heterocycles. The molecule has 3 aromatic rings. The predicted molar refractivity (Wildman–Crippen MR) is 102 cm³/mol. The Morgan fingerprint density at radius 1 is 1.19 bits per heavy atom. The topological polar surface area (TPSA) is 46.8 Å². The third kappa shape index (κ3) is 4.06. The number of nitrogens with zero attached hydrogens (tertiary/aromatic N) is 5. The molecule has 0 N–H and O–H groups in total. The highest BCUT2D eigenvalue weighted by Crippen LogP contribution is 2.27. The van der Waals surface area contributed by atoms with Gasteiger partial charge in [-0.3, -0.25) is 14.5 Å². The molecule has 0 aliphatic carbocycles. The van der Waals surface area contributed by atoms with Crippen LogP contribution in [-0.2, 0) is 13.0 Å². The summed E-state index contributed by atoms with van der Waals surface area (Å²) in [5.74, 6) is 1.99. The summed E-state index contributed by atoms with van der Waals surface area (Å²) in [6.45, 7) is 4.93. The van der Waals surface area contributed by atoms with Gasteiger partial charge in [0.15, 0.2) is 5.82 Å². The van der Waals surface area contributed by atoms with E-state index in [4.69, 9.17) is 4.98 Å². The molecule has 6 heteroatoms. The fraction of sp³-hybridized carbons (Fsp3) is 0.381. The van der Waals surface area contributed by atoms with Gasteiger partial charge in [-0.1, -0.05) is 19.1 Å². The lowest BCUT2D eigenvalue weighted by atomic mass is 9.94. The van der Waals surface area contributed by atoms with Crippen LogP contribution in [0, 0.1) is 5.82 Å². The van der Waals surface area contributed by atoms with E-state index < -0.39 is 0 Å². The van der Waals surface area contributed by atoms with E-state index in [1.807, 2.05) is 29.1 Å². The van der Waals surface area contributed by atoms with Crippen molar-refractivity contribution < 1.29 is 4.39 Å². The zero-order valence-electron chi connectivity index (χ0n) is 15.6. The second-order valence-electron chi connectivity index (χ2n) is 7.07. The standard InChI is InChI=1S/C21H24FN5/c1-2-20-24-9-11-27(20)21-13-23-12-19(25-21)17-4-3-10-26(15-17)14-16-5-7-18(22)8-6-16/h5-9,11-13,17H,2-4,10,14-15H2,1H3/t17-/m1/s1. The molecule has 0 radical (unpaired) electrons. The first kappa shape index (κ1) is 17.8. The Labute approximate surface area is 158 Å². The van der Waals surface area contributed by atoms with Gasteiger partial charge < -0.3 is 0 Å². The third-order valence-corrected chi connectivity index (χ3v) is 5.16. The van der Waals surface area contributed by atoms with Crippen LogP contribution in [0.5, 0.6) is 0 Å². The van der Waals surface area contributed by atoms with Crippen LogP contribution in [0.3, 0.4) is 0 Å². The molecule has 3 heterocycles. The Hall–Kier alpha value is -2.60. The zero-order valence-corrected chi connectivity index (χ0v) is 15.6. The Bertz CT molecular complexity index is 890. The molecule has 2 aromatic heterocycles. The molecule has 0 amide bonds. The van der Waals surface area contributed by atoms with Gasteiger partial charge >= 0.3 is 0 Å². The summed E-state index contributed by atoms with van der Waals surface area (Å²) >= 11 is 0. The van der Waals surface area contributed by atoms with E-state index in [-0.39, 0.29) is 5.82 Å². The molecule has 1 aliphatic heterocycles. The highest BCUT2D eigenvalue weighted by atomic mass is 19.1. The van der Waals surface area contributed by atoms with Crippen molar-refractivity contribution >= 4 is 0 Å². The number of hydrogen-bond acceptors (Lipinski definition) is 4. The summed E-state index contributed by atoms with van der Waals surface area (Å²) in [5, 5.41) is 0. The van der Waals surface area contributed by atoms with Crippen LogP contribution in [0.4, 0.5) is 4.39 Å². The van der Waals surface area contributed by atoms with E-state index in [1.165, 1.54) is 12.1 Å². The number of piperidine rings is 1. The van der Waals surface area contributed by atoms with Gasteiger partial charge in [0.05, 0.1) is 11.9 Å². The SMILES string of the molecule is CCc1nccn1-c1cncc([C@@H]2CCCN(Cc3ccc(F)cc3)C2)n1. The summed E-state index contributed by atoms with van der Waals surface area (Å²) in [4.78, 5) is 16.1. The van der Waals surface area contributed by atoms with Gasteiger partial charge in [0.1, 0.15) is 11.6 Å². The maximum absolute atomic E-state index is 13.1. The number of likely N-dealkylation sites (tertiary alicyclic amines) is 1. The highest BCUT2D eigenvalue weighted by Gasteiger charge is 2.23. The quantitative estimate of drug-likeness (QED) is 0.691. The van der Waals surface area contributed by atoms with E-state index >= 15 is 0 Å². The summed E-state index contributed by atoms with van der Waals surface area (Å²) in [6.07, 6.45) is 10.5.